The Labute approximate surface area is 200 Å². The molecule has 0 aromatic heterocycles. The highest BCUT2D eigenvalue weighted by Gasteiger charge is 2.48. The zero-order valence-electron chi connectivity index (χ0n) is 20.2. The minimum absolute atomic E-state index is 0.391. The molecule has 4 nitrogen and oxygen atoms in total. The third kappa shape index (κ3) is 5.84. The highest BCUT2D eigenvalue weighted by atomic mass is 32.2. The normalized spacial score (nSPS) is 13.4. The molecule has 188 valence electrons. The van der Waals surface area contributed by atoms with E-state index in [-0.39, 0.29) is 0 Å². The molecule has 34 heavy (non-hydrogen) atoms. The minimum Gasteiger partial charge on any atom is -0.386 e. The Balaban J connectivity index is 2.41. The Morgan fingerprint density at radius 2 is 1.41 bits per heavy atom. The maximum Gasteiger partial charge on any atom is 0.534 e. The SMILES string of the molecule is CCC(O)(C=Cc1ccc(C(CC)(CC)c2ccc(OS(=O)(=O)C(F)(F)F)cc2)cc1C)CC. The van der Waals surface area contributed by atoms with Crippen molar-refractivity contribution in [3.8, 4) is 5.75 Å². The molecule has 0 aliphatic rings. The molecule has 2 aromatic rings. The number of benzene rings is 2. The Hall–Kier alpha value is -2.32. The molecular weight excluding hydrogens is 465 g/mol. The summed E-state index contributed by atoms with van der Waals surface area (Å²) < 4.78 is 64.7. The molecule has 0 aliphatic heterocycles. The molecule has 2 aromatic carbocycles. The summed E-state index contributed by atoms with van der Waals surface area (Å²) in [5.41, 5.74) is -2.82. The van der Waals surface area contributed by atoms with Crippen molar-refractivity contribution in [2.45, 2.75) is 76.8 Å². The lowest BCUT2D eigenvalue weighted by Crippen LogP contribution is -2.28. The summed E-state index contributed by atoms with van der Waals surface area (Å²) in [6.07, 6.45) is 6.45. The van der Waals surface area contributed by atoms with Gasteiger partial charge in [0.2, 0.25) is 0 Å². The van der Waals surface area contributed by atoms with Gasteiger partial charge in [-0.05, 0) is 67.0 Å². The van der Waals surface area contributed by atoms with Gasteiger partial charge in [0.05, 0.1) is 5.60 Å². The molecule has 0 saturated heterocycles. The quantitative estimate of drug-likeness (QED) is 0.286. The van der Waals surface area contributed by atoms with Gasteiger partial charge in [-0.2, -0.15) is 21.6 Å². The van der Waals surface area contributed by atoms with Crippen LogP contribution in [0.15, 0.2) is 48.5 Å². The van der Waals surface area contributed by atoms with Crippen molar-refractivity contribution in [1.29, 1.82) is 0 Å². The maximum absolute atomic E-state index is 12.6. The van der Waals surface area contributed by atoms with E-state index >= 15 is 0 Å². The summed E-state index contributed by atoms with van der Waals surface area (Å²) in [7, 11) is -5.72. The second-order valence-electron chi connectivity index (χ2n) is 8.51. The predicted octanol–water partition coefficient (Wildman–Crippen LogP) is 6.89. The predicted molar refractivity (Wildman–Crippen MR) is 129 cm³/mol. The van der Waals surface area contributed by atoms with E-state index in [1.807, 2.05) is 58.9 Å². The number of hydrogen-bond donors (Lipinski definition) is 1. The minimum atomic E-state index is -5.72. The molecule has 0 unspecified atom stereocenters. The summed E-state index contributed by atoms with van der Waals surface area (Å²) in [6.45, 7) is 9.95. The fourth-order valence-electron chi connectivity index (χ4n) is 4.13. The van der Waals surface area contributed by atoms with Gasteiger partial charge >= 0.3 is 15.6 Å². The fourth-order valence-corrected chi connectivity index (χ4v) is 4.59. The van der Waals surface area contributed by atoms with Gasteiger partial charge in [0.15, 0.2) is 0 Å². The molecule has 0 amide bonds. The maximum atomic E-state index is 12.6. The van der Waals surface area contributed by atoms with E-state index in [1.165, 1.54) is 12.1 Å². The first-order valence-electron chi connectivity index (χ1n) is 11.4. The van der Waals surface area contributed by atoms with Crippen LogP contribution in [0.2, 0.25) is 0 Å². The van der Waals surface area contributed by atoms with E-state index < -0.39 is 32.4 Å². The van der Waals surface area contributed by atoms with Crippen molar-refractivity contribution >= 4 is 16.2 Å². The molecular formula is C26H33F3O4S. The number of rotatable bonds is 10. The van der Waals surface area contributed by atoms with Gasteiger partial charge in [-0.1, -0.05) is 70.2 Å². The lowest BCUT2D eigenvalue weighted by molar-refractivity contribution is -0.0500. The second kappa shape index (κ2) is 10.5. The van der Waals surface area contributed by atoms with Crippen LogP contribution in [0.5, 0.6) is 5.75 Å². The lowest BCUT2D eigenvalue weighted by Gasteiger charge is -2.34. The van der Waals surface area contributed by atoms with E-state index in [2.05, 4.69) is 10.2 Å². The van der Waals surface area contributed by atoms with E-state index in [0.29, 0.717) is 12.8 Å². The van der Waals surface area contributed by atoms with Crippen molar-refractivity contribution in [1.82, 2.24) is 0 Å². The molecule has 8 heteroatoms. The number of alkyl halides is 3. The molecule has 1 N–H and O–H groups in total. The van der Waals surface area contributed by atoms with Crippen LogP contribution in [0.3, 0.4) is 0 Å². The van der Waals surface area contributed by atoms with Gasteiger partial charge in [0.25, 0.3) is 0 Å². The molecule has 2 rings (SSSR count). The molecule has 0 radical (unpaired) electrons. The second-order valence-corrected chi connectivity index (χ2v) is 10.0. The molecule has 0 aliphatic carbocycles. The number of aliphatic hydroxyl groups is 1. The molecule has 0 bridgehead atoms. The van der Waals surface area contributed by atoms with Crippen molar-refractivity contribution in [3.63, 3.8) is 0 Å². The van der Waals surface area contributed by atoms with Gasteiger partial charge in [-0.15, -0.1) is 0 Å². The van der Waals surface area contributed by atoms with Crippen LogP contribution in [-0.2, 0) is 15.5 Å². The summed E-state index contributed by atoms with van der Waals surface area (Å²) >= 11 is 0. The third-order valence-corrected chi connectivity index (χ3v) is 7.70. The molecule has 0 atom stereocenters. The first-order valence-corrected chi connectivity index (χ1v) is 12.8. The van der Waals surface area contributed by atoms with Crippen LogP contribution in [0.25, 0.3) is 6.08 Å². The van der Waals surface area contributed by atoms with Crippen molar-refractivity contribution in [2.75, 3.05) is 0 Å². The number of hydrogen-bond acceptors (Lipinski definition) is 4. The summed E-state index contributed by atoms with van der Waals surface area (Å²) in [4.78, 5) is 0. The van der Waals surface area contributed by atoms with Crippen molar-refractivity contribution < 1.29 is 30.9 Å². The van der Waals surface area contributed by atoms with E-state index in [0.717, 1.165) is 35.1 Å². The van der Waals surface area contributed by atoms with Crippen LogP contribution in [0, 0.1) is 6.92 Å². The van der Waals surface area contributed by atoms with E-state index in [9.17, 15) is 26.7 Å². The summed E-state index contributed by atoms with van der Waals surface area (Å²) in [5, 5.41) is 10.5. The van der Waals surface area contributed by atoms with Crippen LogP contribution >= 0.6 is 0 Å². The highest BCUT2D eigenvalue weighted by molar-refractivity contribution is 7.88. The van der Waals surface area contributed by atoms with Gasteiger partial charge in [0, 0.05) is 5.41 Å². The van der Waals surface area contributed by atoms with E-state index in [4.69, 9.17) is 0 Å². The smallest absolute Gasteiger partial charge is 0.386 e. The number of halogens is 3. The molecule has 0 fully saturated rings. The average Bonchev–Trinajstić information content (AvgIpc) is 2.79. The van der Waals surface area contributed by atoms with Crippen LogP contribution in [0.4, 0.5) is 13.2 Å². The molecule has 0 saturated carbocycles. The first kappa shape index (κ1) is 27.9. The fraction of sp³-hybridized carbons (Fsp3) is 0.462. The van der Waals surface area contributed by atoms with Crippen molar-refractivity contribution in [3.05, 3.63) is 70.8 Å². The van der Waals surface area contributed by atoms with Crippen LogP contribution < -0.4 is 4.18 Å². The Kier molecular flexibility index (Phi) is 8.64. The molecule has 0 heterocycles. The standard InChI is InChI=1S/C26H33F3O4S/c1-6-24(30,7-2)17-16-20-10-11-22(18-19(20)5)25(8-3,9-4)21-12-14-23(15-13-21)33-34(31,32)26(27,28)29/h10-18,30H,6-9H2,1-5H3. The lowest BCUT2D eigenvalue weighted by atomic mass is 9.70. The van der Waals surface area contributed by atoms with Gasteiger partial charge in [0.1, 0.15) is 5.75 Å². The monoisotopic (exact) mass is 498 g/mol. The van der Waals surface area contributed by atoms with Crippen LogP contribution in [-0.4, -0.2) is 24.6 Å². The summed E-state index contributed by atoms with van der Waals surface area (Å²) in [6, 6.07) is 11.8. The van der Waals surface area contributed by atoms with Gasteiger partial charge < -0.3 is 9.29 Å². The first-order chi connectivity index (χ1) is 15.8. The largest absolute Gasteiger partial charge is 0.534 e. The third-order valence-electron chi connectivity index (χ3n) is 6.72. The number of aryl methyl sites for hydroxylation is 1. The highest BCUT2D eigenvalue weighted by Crippen LogP contribution is 2.40. The average molecular weight is 499 g/mol. The zero-order valence-corrected chi connectivity index (χ0v) is 21.1. The van der Waals surface area contributed by atoms with E-state index in [1.54, 1.807) is 12.1 Å². The molecule has 0 spiro atoms. The van der Waals surface area contributed by atoms with Gasteiger partial charge in [-0.25, -0.2) is 0 Å². The Bertz CT molecular complexity index is 1100. The Morgan fingerprint density at radius 1 is 0.882 bits per heavy atom. The van der Waals surface area contributed by atoms with Gasteiger partial charge in [-0.3, -0.25) is 0 Å². The Morgan fingerprint density at radius 3 is 1.85 bits per heavy atom. The zero-order chi connectivity index (χ0) is 25.8. The van der Waals surface area contributed by atoms with Crippen molar-refractivity contribution in [2.24, 2.45) is 0 Å². The summed E-state index contributed by atoms with van der Waals surface area (Å²) in [5.74, 6) is -0.391. The van der Waals surface area contributed by atoms with Crippen LogP contribution in [0.1, 0.15) is 75.6 Å². The topological polar surface area (TPSA) is 63.6 Å².